The normalized spacial score (nSPS) is 15.8. The molecule has 0 heterocycles. The van der Waals surface area contributed by atoms with Gasteiger partial charge in [0.2, 0.25) is 0 Å². The Hall–Kier alpha value is -4.10. The maximum atomic E-state index is 2.43. The molecule has 0 amide bonds. The maximum Gasteiger partial charge on any atom is 0.0546 e. The smallest absolute Gasteiger partial charge is 0.0546 e. The van der Waals surface area contributed by atoms with Crippen molar-refractivity contribution in [1.82, 2.24) is 0 Å². The number of anilines is 3. The molecule has 0 radical (unpaired) electrons. The summed E-state index contributed by atoms with van der Waals surface area (Å²) in [4.78, 5) is 2.43. The van der Waals surface area contributed by atoms with E-state index in [1.165, 1.54) is 49.7 Å². The van der Waals surface area contributed by atoms with Gasteiger partial charge in [0, 0.05) is 16.8 Å². The van der Waals surface area contributed by atoms with Gasteiger partial charge in [-0.15, -0.1) is 0 Å². The largest absolute Gasteiger partial charge is 0.310 e. The second-order valence-corrected chi connectivity index (χ2v) is 10.3. The van der Waals surface area contributed by atoms with Crippen LogP contribution in [-0.2, 0) is 11.8 Å². The van der Waals surface area contributed by atoms with Crippen molar-refractivity contribution in [2.75, 3.05) is 4.90 Å². The topological polar surface area (TPSA) is 3.24 Å². The molecule has 190 valence electrons. The van der Waals surface area contributed by atoms with Crippen LogP contribution in [0.25, 0.3) is 21.5 Å². The molecule has 0 aromatic heterocycles. The van der Waals surface area contributed by atoms with Gasteiger partial charge in [0.25, 0.3) is 0 Å². The number of benzene rings is 5. The fraction of sp³-hybridized carbons (Fsp3) is 0.189. The summed E-state index contributed by atoms with van der Waals surface area (Å²) in [5.41, 5.74) is 6.43. The second-order valence-electron chi connectivity index (χ2n) is 10.3. The molecule has 1 aliphatic rings. The minimum absolute atomic E-state index is 0.0433. The van der Waals surface area contributed by atoms with E-state index in [1.807, 2.05) is 13.8 Å². The first-order valence-electron chi connectivity index (χ1n) is 13.8. The highest BCUT2D eigenvalue weighted by molar-refractivity contribution is 6.14. The van der Waals surface area contributed by atoms with E-state index in [9.17, 15) is 0 Å². The first kappa shape index (κ1) is 25.5. The standard InChI is InChI=1S/C35H31N.C2H6/c1-35(2)23-13-4-3-6-14-26-21-22-29(25-33(26)35)36(28-16-7-5-8-17-28)34-24-27-15-9-10-18-30(27)31-19-11-12-20-32(31)34;1-2/h3-13,15-22,24-25H,14,23H2,1-2H3;1-2H3/b6-3-,13-4-;. The van der Waals surface area contributed by atoms with Gasteiger partial charge in [-0.25, -0.2) is 0 Å². The number of hydrogen-bond acceptors (Lipinski definition) is 1. The molecule has 38 heavy (non-hydrogen) atoms. The van der Waals surface area contributed by atoms with Gasteiger partial charge in [-0.2, -0.15) is 0 Å². The zero-order valence-corrected chi connectivity index (χ0v) is 23.0. The molecule has 0 saturated heterocycles. The summed E-state index contributed by atoms with van der Waals surface area (Å²) in [6.07, 6.45) is 10.9. The van der Waals surface area contributed by atoms with Crippen molar-refractivity contribution in [3.63, 3.8) is 0 Å². The maximum absolute atomic E-state index is 2.43. The minimum Gasteiger partial charge on any atom is -0.310 e. The molecule has 0 bridgehead atoms. The lowest BCUT2D eigenvalue weighted by Crippen LogP contribution is -2.20. The number of allylic oxidation sites excluding steroid dienone is 4. The summed E-state index contributed by atoms with van der Waals surface area (Å²) in [6.45, 7) is 8.73. The molecule has 0 atom stereocenters. The molecule has 5 aromatic carbocycles. The van der Waals surface area contributed by atoms with Crippen molar-refractivity contribution >= 4 is 38.6 Å². The molecule has 0 fully saturated rings. The summed E-state index contributed by atoms with van der Waals surface area (Å²) in [5.74, 6) is 0. The van der Waals surface area contributed by atoms with Crippen molar-refractivity contribution < 1.29 is 0 Å². The summed E-state index contributed by atoms with van der Waals surface area (Å²) >= 11 is 0. The van der Waals surface area contributed by atoms with Crippen LogP contribution < -0.4 is 4.90 Å². The first-order chi connectivity index (χ1) is 18.6. The lowest BCUT2D eigenvalue weighted by atomic mass is 9.78. The summed E-state index contributed by atoms with van der Waals surface area (Å²) in [5, 5.41) is 5.09. The molecule has 5 aromatic rings. The highest BCUT2D eigenvalue weighted by Gasteiger charge is 2.25. The van der Waals surface area contributed by atoms with Crippen LogP contribution in [0.15, 0.2) is 127 Å². The molecule has 0 saturated carbocycles. The number of nitrogens with zero attached hydrogens (tertiary/aromatic N) is 1. The van der Waals surface area contributed by atoms with E-state index in [-0.39, 0.29) is 5.41 Å². The molecule has 0 N–H and O–H groups in total. The third-order valence-electron chi connectivity index (χ3n) is 7.43. The molecular weight excluding hydrogens is 458 g/mol. The Morgan fingerprint density at radius 3 is 2.05 bits per heavy atom. The first-order valence-corrected chi connectivity index (χ1v) is 13.8. The van der Waals surface area contributed by atoms with Crippen LogP contribution in [-0.4, -0.2) is 0 Å². The minimum atomic E-state index is 0.0433. The van der Waals surface area contributed by atoms with Crippen molar-refractivity contribution in [2.45, 2.75) is 46.0 Å². The summed E-state index contributed by atoms with van der Waals surface area (Å²) in [6, 6.07) is 37.7. The highest BCUT2D eigenvalue weighted by Crippen LogP contribution is 2.43. The zero-order valence-electron chi connectivity index (χ0n) is 23.0. The Balaban J connectivity index is 0.00000144. The molecule has 6 rings (SSSR count). The van der Waals surface area contributed by atoms with E-state index >= 15 is 0 Å². The van der Waals surface area contributed by atoms with Crippen LogP contribution >= 0.6 is 0 Å². The fourth-order valence-electron chi connectivity index (χ4n) is 5.56. The van der Waals surface area contributed by atoms with E-state index in [0.29, 0.717) is 0 Å². The van der Waals surface area contributed by atoms with E-state index in [0.717, 1.165) is 12.8 Å². The Kier molecular flexibility index (Phi) is 7.47. The van der Waals surface area contributed by atoms with Crippen LogP contribution in [0, 0.1) is 0 Å². The van der Waals surface area contributed by atoms with Crippen molar-refractivity contribution in [3.05, 3.63) is 139 Å². The zero-order chi connectivity index (χ0) is 26.5. The predicted molar refractivity (Wildman–Crippen MR) is 167 cm³/mol. The van der Waals surface area contributed by atoms with Gasteiger partial charge in [0.1, 0.15) is 0 Å². The Morgan fingerprint density at radius 2 is 1.26 bits per heavy atom. The summed E-state index contributed by atoms with van der Waals surface area (Å²) in [7, 11) is 0. The van der Waals surface area contributed by atoms with Crippen LogP contribution in [0.4, 0.5) is 17.1 Å². The average Bonchev–Trinajstić information content (AvgIpc) is 3.04. The molecule has 0 spiro atoms. The SMILES string of the molecule is CC.CC1(C)C/C=C\C=C/Cc2ccc(N(c3ccccc3)c3cc4ccccc4c4ccccc34)cc21. The monoisotopic (exact) mass is 495 g/mol. The second kappa shape index (κ2) is 11.1. The van der Waals surface area contributed by atoms with Crippen molar-refractivity contribution in [2.24, 2.45) is 0 Å². The molecule has 1 heteroatoms. The van der Waals surface area contributed by atoms with Crippen LogP contribution in [0.2, 0.25) is 0 Å². The van der Waals surface area contributed by atoms with E-state index in [2.05, 4.69) is 146 Å². The van der Waals surface area contributed by atoms with Crippen LogP contribution in [0.1, 0.15) is 45.2 Å². The van der Waals surface area contributed by atoms with Gasteiger partial charge in [-0.3, -0.25) is 0 Å². The number of para-hydroxylation sites is 1. The predicted octanol–water partition coefficient (Wildman–Crippen LogP) is 10.8. The highest BCUT2D eigenvalue weighted by atomic mass is 15.1. The molecule has 0 unspecified atom stereocenters. The van der Waals surface area contributed by atoms with Gasteiger partial charge in [0.15, 0.2) is 0 Å². The number of rotatable bonds is 3. The Morgan fingerprint density at radius 1 is 0.605 bits per heavy atom. The van der Waals surface area contributed by atoms with E-state index in [4.69, 9.17) is 0 Å². The Bertz CT molecular complexity index is 1600. The number of fused-ring (bicyclic) bond motifs is 4. The third-order valence-corrected chi connectivity index (χ3v) is 7.43. The average molecular weight is 496 g/mol. The lowest BCUT2D eigenvalue weighted by molar-refractivity contribution is 0.530. The van der Waals surface area contributed by atoms with Gasteiger partial charge >= 0.3 is 0 Å². The number of hydrogen-bond donors (Lipinski definition) is 0. The quantitative estimate of drug-likeness (QED) is 0.225. The molecule has 0 aliphatic heterocycles. The van der Waals surface area contributed by atoms with Crippen molar-refractivity contribution in [3.8, 4) is 0 Å². The Labute approximate surface area is 227 Å². The van der Waals surface area contributed by atoms with Gasteiger partial charge in [0.05, 0.1) is 5.69 Å². The van der Waals surface area contributed by atoms with Crippen LogP contribution in [0.3, 0.4) is 0 Å². The fourth-order valence-corrected chi connectivity index (χ4v) is 5.56. The molecule has 1 nitrogen and oxygen atoms in total. The van der Waals surface area contributed by atoms with E-state index in [1.54, 1.807) is 0 Å². The lowest BCUT2D eigenvalue weighted by Gasteiger charge is -2.31. The van der Waals surface area contributed by atoms with Gasteiger partial charge < -0.3 is 4.90 Å². The van der Waals surface area contributed by atoms with Gasteiger partial charge in [-0.05, 0) is 75.9 Å². The van der Waals surface area contributed by atoms with E-state index < -0.39 is 0 Å². The van der Waals surface area contributed by atoms with Crippen molar-refractivity contribution in [1.29, 1.82) is 0 Å². The third kappa shape index (κ3) is 4.89. The summed E-state index contributed by atoms with van der Waals surface area (Å²) < 4.78 is 0. The molecular formula is C37H37N. The molecule has 1 aliphatic carbocycles. The van der Waals surface area contributed by atoms with Crippen LogP contribution in [0.5, 0.6) is 0 Å². The van der Waals surface area contributed by atoms with Gasteiger partial charge in [-0.1, -0.05) is 125 Å².